The molecule has 2 rings (SSSR count). The quantitative estimate of drug-likeness (QED) is 0.584. The van der Waals surface area contributed by atoms with Gasteiger partial charge < -0.3 is 10.7 Å². The van der Waals surface area contributed by atoms with E-state index in [1.165, 1.54) is 0 Å². The minimum absolute atomic E-state index is 0.254. The molecular weight excluding hydrogens is 318 g/mol. The number of hydrogen-bond donors (Lipinski definition) is 3. The third-order valence-electron chi connectivity index (χ3n) is 2.09. The second kappa shape index (κ2) is 5.89. The fraction of sp³-hybridized carbons (Fsp3) is 0.100. The first-order chi connectivity index (χ1) is 8.69. The number of nitrogens with two attached hydrogens (primary N) is 1. The summed E-state index contributed by atoms with van der Waals surface area (Å²) in [6.07, 6.45) is 0. The standard InChI is InChI=1S/C10H10BrN5OS/c11-6-3-7(18-5-6)4-13-10(17)8-1-2-9(14-12)16-15-8/h1-3,5H,4,12H2,(H,13,17)(H,14,16). The third-order valence-corrected chi connectivity index (χ3v) is 3.79. The van der Waals surface area contributed by atoms with E-state index < -0.39 is 0 Å². The molecule has 0 unspecified atom stereocenters. The van der Waals surface area contributed by atoms with Crippen LogP contribution in [0.3, 0.4) is 0 Å². The van der Waals surface area contributed by atoms with Gasteiger partial charge in [0.25, 0.3) is 5.91 Å². The molecule has 6 nitrogen and oxygen atoms in total. The Labute approximate surface area is 116 Å². The van der Waals surface area contributed by atoms with Crippen molar-refractivity contribution in [1.82, 2.24) is 15.5 Å². The van der Waals surface area contributed by atoms with Gasteiger partial charge in [0.15, 0.2) is 11.5 Å². The summed E-state index contributed by atoms with van der Waals surface area (Å²) >= 11 is 4.93. The highest BCUT2D eigenvalue weighted by Crippen LogP contribution is 2.19. The maximum absolute atomic E-state index is 11.8. The zero-order valence-corrected chi connectivity index (χ0v) is 11.6. The van der Waals surface area contributed by atoms with E-state index in [1.54, 1.807) is 23.5 Å². The van der Waals surface area contributed by atoms with Crippen LogP contribution in [0.1, 0.15) is 15.4 Å². The minimum atomic E-state index is -0.268. The van der Waals surface area contributed by atoms with E-state index in [-0.39, 0.29) is 11.6 Å². The van der Waals surface area contributed by atoms with Crippen molar-refractivity contribution < 1.29 is 4.79 Å². The SMILES string of the molecule is NNc1ccc(C(=O)NCc2cc(Br)cs2)nn1. The lowest BCUT2D eigenvalue weighted by molar-refractivity contribution is 0.0945. The average Bonchev–Trinajstić information content (AvgIpc) is 2.82. The highest BCUT2D eigenvalue weighted by Gasteiger charge is 2.08. The van der Waals surface area contributed by atoms with Gasteiger partial charge in [-0.05, 0) is 34.1 Å². The van der Waals surface area contributed by atoms with Gasteiger partial charge in [0, 0.05) is 14.7 Å². The number of amides is 1. The average molecular weight is 328 g/mol. The zero-order valence-electron chi connectivity index (χ0n) is 9.18. The summed E-state index contributed by atoms with van der Waals surface area (Å²) in [6, 6.07) is 5.10. The number of carbonyl (C=O) groups is 1. The Morgan fingerprint density at radius 1 is 1.44 bits per heavy atom. The first-order valence-corrected chi connectivity index (χ1v) is 6.68. The van der Waals surface area contributed by atoms with Crippen LogP contribution in [-0.4, -0.2) is 16.1 Å². The summed E-state index contributed by atoms with van der Waals surface area (Å²) in [5.74, 6) is 5.30. The summed E-state index contributed by atoms with van der Waals surface area (Å²) in [6.45, 7) is 0.466. The molecule has 0 fully saturated rings. The summed E-state index contributed by atoms with van der Waals surface area (Å²) in [4.78, 5) is 12.8. The molecule has 0 aliphatic carbocycles. The Bertz CT molecular complexity index is 541. The molecule has 0 aromatic carbocycles. The molecule has 2 aromatic rings. The molecule has 0 saturated heterocycles. The van der Waals surface area contributed by atoms with Crippen molar-refractivity contribution >= 4 is 39.0 Å². The van der Waals surface area contributed by atoms with E-state index in [2.05, 4.69) is 36.9 Å². The maximum Gasteiger partial charge on any atom is 0.272 e. The van der Waals surface area contributed by atoms with Crippen molar-refractivity contribution in [3.05, 3.63) is 38.6 Å². The number of nitrogens with zero attached hydrogens (tertiary/aromatic N) is 2. The van der Waals surface area contributed by atoms with Gasteiger partial charge in [0.1, 0.15) is 0 Å². The molecule has 18 heavy (non-hydrogen) atoms. The summed E-state index contributed by atoms with van der Waals surface area (Å²) in [5, 5.41) is 12.2. The number of hydrazine groups is 1. The molecular formula is C10H10BrN5OS. The second-order valence-electron chi connectivity index (χ2n) is 3.36. The number of aromatic nitrogens is 2. The Kier molecular flexibility index (Phi) is 4.24. The summed E-state index contributed by atoms with van der Waals surface area (Å²) < 4.78 is 1.01. The third kappa shape index (κ3) is 3.25. The lowest BCUT2D eigenvalue weighted by Crippen LogP contribution is -2.24. The molecule has 0 spiro atoms. The molecule has 2 aromatic heterocycles. The van der Waals surface area contributed by atoms with E-state index in [0.717, 1.165) is 9.35 Å². The molecule has 0 radical (unpaired) electrons. The Balaban J connectivity index is 1.94. The van der Waals surface area contributed by atoms with Crippen LogP contribution in [0.5, 0.6) is 0 Å². The summed E-state index contributed by atoms with van der Waals surface area (Å²) in [5.41, 5.74) is 2.60. The molecule has 0 aliphatic heterocycles. The van der Waals surface area contributed by atoms with Gasteiger partial charge in [-0.15, -0.1) is 21.5 Å². The number of hydrogen-bond acceptors (Lipinski definition) is 6. The smallest absolute Gasteiger partial charge is 0.272 e. The van der Waals surface area contributed by atoms with Crippen LogP contribution in [0, 0.1) is 0 Å². The number of carbonyl (C=O) groups excluding carboxylic acids is 1. The number of nitrogens with one attached hydrogen (secondary N) is 2. The Morgan fingerprint density at radius 2 is 2.28 bits per heavy atom. The highest BCUT2D eigenvalue weighted by atomic mass is 79.9. The number of anilines is 1. The molecule has 0 atom stereocenters. The van der Waals surface area contributed by atoms with Gasteiger partial charge >= 0.3 is 0 Å². The zero-order chi connectivity index (χ0) is 13.0. The van der Waals surface area contributed by atoms with Crippen molar-refractivity contribution in [2.45, 2.75) is 6.54 Å². The molecule has 8 heteroatoms. The summed E-state index contributed by atoms with van der Waals surface area (Å²) in [7, 11) is 0. The van der Waals surface area contributed by atoms with E-state index >= 15 is 0 Å². The van der Waals surface area contributed by atoms with Crippen LogP contribution in [-0.2, 0) is 6.54 Å². The molecule has 0 saturated carbocycles. The lowest BCUT2D eigenvalue weighted by atomic mass is 10.3. The molecule has 94 valence electrons. The number of rotatable bonds is 4. The minimum Gasteiger partial charge on any atom is -0.346 e. The van der Waals surface area contributed by atoms with Crippen molar-refractivity contribution in [3.8, 4) is 0 Å². The molecule has 1 amide bonds. The molecule has 4 N–H and O–H groups in total. The predicted molar refractivity (Wildman–Crippen MR) is 73.0 cm³/mol. The topological polar surface area (TPSA) is 92.9 Å². The van der Waals surface area contributed by atoms with Crippen molar-refractivity contribution in [2.24, 2.45) is 5.84 Å². The first-order valence-electron chi connectivity index (χ1n) is 5.00. The van der Waals surface area contributed by atoms with Gasteiger partial charge in [0.05, 0.1) is 6.54 Å². The van der Waals surface area contributed by atoms with Crippen LogP contribution in [0.25, 0.3) is 0 Å². The van der Waals surface area contributed by atoms with Crippen LogP contribution < -0.4 is 16.6 Å². The number of thiophene rings is 1. The Hall–Kier alpha value is -1.51. The van der Waals surface area contributed by atoms with Gasteiger partial charge in [0.2, 0.25) is 0 Å². The Morgan fingerprint density at radius 3 is 2.83 bits per heavy atom. The predicted octanol–water partition coefficient (Wildman–Crippen LogP) is 1.52. The normalized spacial score (nSPS) is 10.1. The monoisotopic (exact) mass is 327 g/mol. The fourth-order valence-corrected chi connectivity index (χ4v) is 2.63. The van der Waals surface area contributed by atoms with Crippen LogP contribution in [0.4, 0.5) is 5.82 Å². The maximum atomic E-state index is 11.8. The van der Waals surface area contributed by atoms with Gasteiger partial charge in [-0.1, -0.05) is 0 Å². The highest BCUT2D eigenvalue weighted by molar-refractivity contribution is 9.10. The molecule has 2 heterocycles. The van der Waals surface area contributed by atoms with E-state index in [4.69, 9.17) is 5.84 Å². The van der Waals surface area contributed by atoms with Crippen LogP contribution >= 0.6 is 27.3 Å². The molecule has 0 bridgehead atoms. The largest absolute Gasteiger partial charge is 0.346 e. The fourth-order valence-electron chi connectivity index (χ4n) is 1.23. The van der Waals surface area contributed by atoms with E-state index in [0.29, 0.717) is 12.4 Å². The number of nitrogen functional groups attached to an aromatic ring is 1. The number of halogens is 1. The lowest BCUT2D eigenvalue weighted by Gasteiger charge is -2.03. The van der Waals surface area contributed by atoms with E-state index in [9.17, 15) is 4.79 Å². The van der Waals surface area contributed by atoms with Gasteiger partial charge in [-0.2, -0.15) is 0 Å². The van der Waals surface area contributed by atoms with Gasteiger partial charge in [-0.3, -0.25) is 4.79 Å². The van der Waals surface area contributed by atoms with E-state index in [1.807, 2.05) is 11.4 Å². The van der Waals surface area contributed by atoms with Crippen molar-refractivity contribution in [2.75, 3.05) is 5.43 Å². The van der Waals surface area contributed by atoms with Crippen molar-refractivity contribution in [3.63, 3.8) is 0 Å². The molecule has 0 aliphatic rings. The second-order valence-corrected chi connectivity index (χ2v) is 5.27. The van der Waals surface area contributed by atoms with Gasteiger partial charge in [-0.25, -0.2) is 5.84 Å². The van der Waals surface area contributed by atoms with Crippen LogP contribution in [0.15, 0.2) is 28.1 Å². The first kappa shape index (κ1) is 12.9. The van der Waals surface area contributed by atoms with Crippen LogP contribution in [0.2, 0.25) is 0 Å². The van der Waals surface area contributed by atoms with Crippen molar-refractivity contribution in [1.29, 1.82) is 0 Å².